The standard InChI is InChI=1S/C18H25BrN4O2S/c1-21-10-12-23(13-11-21)18(17-4-3-9-22(17)2)14-20-26(24,25)16-7-5-15(19)6-8-16/h3-9,18,20H,10-14H2,1-2H3. The maximum absolute atomic E-state index is 12.7. The van der Waals surface area contributed by atoms with Crippen LogP contribution in [0.4, 0.5) is 0 Å². The molecular weight excluding hydrogens is 416 g/mol. The van der Waals surface area contributed by atoms with Crippen molar-refractivity contribution >= 4 is 26.0 Å². The number of aromatic nitrogens is 1. The number of nitrogens with zero attached hydrogens (tertiary/aromatic N) is 3. The average molecular weight is 441 g/mol. The fraction of sp³-hybridized carbons (Fsp3) is 0.444. The molecule has 3 rings (SSSR count). The lowest BCUT2D eigenvalue weighted by Crippen LogP contribution is -2.48. The molecule has 0 saturated carbocycles. The van der Waals surface area contributed by atoms with Gasteiger partial charge in [0.25, 0.3) is 0 Å². The number of sulfonamides is 1. The van der Waals surface area contributed by atoms with E-state index in [1.165, 1.54) is 0 Å². The Labute approximate surface area is 164 Å². The number of nitrogens with one attached hydrogen (secondary N) is 1. The number of aryl methyl sites for hydroxylation is 1. The second-order valence-corrected chi connectivity index (χ2v) is 9.39. The largest absolute Gasteiger partial charge is 0.353 e. The molecule has 0 aliphatic carbocycles. The van der Waals surface area contributed by atoms with Crippen LogP contribution in [0, 0.1) is 0 Å². The zero-order valence-corrected chi connectivity index (χ0v) is 17.5. The van der Waals surface area contributed by atoms with Gasteiger partial charge in [0.2, 0.25) is 10.0 Å². The molecule has 26 heavy (non-hydrogen) atoms. The summed E-state index contributed by atoms with van der Waals surface area (Å²) in [5.74, 6) is 0. The van der Waals surface area contributed by atoms with E-state index >= 15 is 0 Å². The highest BCUT2D eigenvalue weighted by Gasteiger charge is 2.27. The van der Waals surface area contributed by atoms with Gasteiger partial charge < -0.3 is 9.47 Å². The van der Waals surface area contributed by atoms with Crippen molar-refractivity contribution in [3.8, 4) is 0 Å². The Bertz CT molecular complexity index is 827. The first-order valence-electron chi connectivity index (χ1n) is 8.66. The molecule has 2 aromatic rings. The molecule has 1 aliphatic rings. The van der Waals surface area contributed by atoms with Crippen LogP contribution in [-0.2, 0) is 17.1 Å². The third-order valence-corrected chi connectivity index (χ3v) is 6.86. The minimum Gasteiger partial charge on any atom is -0.353 e. The van der Waals surface area contributed by atoms with Crippen LogP contribution in [-0.4, -0.2) is 62.6 Å². The number of benzene rings is 1. The zero-order valence-electron chi connectivity index (χ0n) is 15.1. The Balaban J connectivity index is 1.77. The first-order chi connectivity index (χ1) is 12.4. The number of halogens is 1. The fourth-order valence-corrected chi connectivity index (χ4v) is 4.56. The van der Waals surface area contributed by atoms with E-state index in [-0.39, 0.29) is 10.9 Å². The monoisotopic (exact) mass is 440 g/mol. The molecule has 0 bridgehead atoms. The van der Waals surface area contributed by atoms with E-state index < -0.39 is 10.0 Å². The molecule has 6 nitrogen and oxygen atoms in total. The molecule has 8 heteroatoms. The van der Waals surface area contributed by atoms with E-state index in [9.17, 15) is 8.42 Å². The number of piperazine rings is 1. The molecule has 0 radical (unpaired) electrons. The van der Waals surface area contributed by atoms with E-state index in [1.807, 2.05) is 19.3 Å². The summed E-state index contributed by atoms with van der Waals surface area (Å²) >= 11 is 3.34. The average Bonchev–Trinajstić information content (AvgIpc) is 3.03. The Hall–Kier alpha value is -1.19. The molecule has 1 aromatic carbocycles. The quantitative estimate of drug-likeness (QED) is 0.746. The highest BCUT2D eigenvalue weighted by molar-refractivity contribution is 9.10. The summed E-state index contributed by atoms with van der Waals surface area (Å²) in [6, 6.07) is 10.8. The van der Waals surface area contributed by atoms with Gasteiger partial charge in [0, 0.05) is 56.1 Å². The van der Waals surface area contributed by atoms with E-state index in [1.54, 1.807) is 24.3 Å². The van der Waals surface area contributed by atoms with E-state index in [4.69, 9.17) is 0 Å². The van der Waals surface area contributed by atoms with Crippen molar-refractivity contribution < 1.29 is 8.42 Å². The van der Waals surface area contributed by atoms with Crippen LogP contribution in [0.15, 0.2) is 52.0 Å². The van der Waals surface area contributed by atoms with Crippen LogP contribution in [0.25, 0.3) is 0 Å². The summed E-state index contributed by atoms with van der Waals surface area (Å²) in [7, 11) is 0.575. The number of likely N-dealkylation sites (N-methyl/N-ethyl adjacent to an activating group) is 1. The van der Waals surface area contributed by atoms with Crippen molar-refractivity contribution in [1.29, 1.82) is 0 Å². The minimum atomic E-state index is -3.54. The van der Waals surface area contributed by atoms with Gasteiger partial charge in [-0.05, 0) is 43.4 Å². The van der Waals surface area contributed by atoms with Gasteiger partial charge in [0.05, 0.1) is 10.9 Å². The molecule has 1 fully saturated rings. The Kier molecular flexibility index (Phi) is 6.19. The smallest absolute Gasteiger partial charge is 0.240 e. The van der Waals surface area contributed by atoms with Gasteiger partial charge in [-0.3, -0.25) is 4.90 Å². The third-order valence-electron chi connectivity index (χ3n) is 4.89. The van der Waals surface area contributed by atoms with Crippen molar-refractivity contribution in [2.24, 2.45) is 7.05 Å². The van der Waals surface area contributed by atoms with Crippen molar-refractivity contribution in [3.05, 3.63) is 52.8 Å². The van der Waals surface area contributed by atoms with Crippen molar-refractivity contribution in [2.75, 3.05) is 39.8 Å². The Morgan fingerprint density at radius 2 is 1.73 bits per heavy atom. The number of hydrogen-bond acceptors (Lipinski definition) is 4. The molecule has 1 aromatic heterocycles. The molecule has 142 valence electrons. The molecule has 1 unspecified atom stereocenters. The molecule has 1 aliphatic heterocycles. The molecule has 0 amide bonds. The molecule has 0 spiro atoms. The van der Waals surface area contributed by atoms with E-state index in [2.05, 4.69) is 48.1 Å². The normalized spacial score (nSPS) is 18.1. The Morgan fingerprint density at radius 3 is 2.31 bits per heavy atom. The lowest BCUT2D eigenvalue weighted by molar-refractivity contribution is 0.109. The maximum Gasteiger partial charge on any atom is 0.240 e. The summed E-state index contributed by atoms with van der Waals surface area (Å²) in [6.07, 6.45) is 2.00. The number of hydrogen-bond donors (Lipinski definition) is 1. The maximum atomic E-state index is 12.7. The molecule has 1 saturated heterocycles. The van der Waals surface area contributed by atoms with Crippen LogP contribution in [0.2, 0.25) is 0 Å². The summed E-state index contributed by atoms with van der Waals surface area (Å²) in [6.45, 7) is 4.17. The van der Waals surface area contributed by atoms with Crippen molar-refractivity contribution in [2.45, 2.75) is 10.9 Å². The van der Waals surface area contributed by atoms with Crippen molar-refractivity contribution in [1.82, 2.24) is 19.1 Å². The summed E-state index contributed by atoms with van der Waals surface area (Å²) < 4.78 is 31.1. The van der Waals surface area contributed by atoms with Gasteiger partial charge >= 0.3 is 0 Å². The van der Waals surface area contributed by atoms with Gasteiger partial charge in [-0.2, -0.15) is 0 Å². The lowest BCUT2D eigenvalue weighted by atomic mass is 10.1. The van der Waals surface area contributed by atoms with Gasteiger partial charge in [-0.1, -0.05) is 15.9 Å². The zero-order chi connectivity index (χ0) is 18.7. The number of rotatable bonds is 6. The molecule has 1 N–H and O–H groups in total. The Morgan fingerprint density at radius 1 is 1.08 bits per heavy atom. The van der Waals surface area contributed by atoms with Crippen molar-refractivity contribution in [3.63, 3.8) is 0 Å². The van der Waals surface area contributed by atoms with Gasteiger partial charge in [-0.25, -0.2) is 13.1 Å². The first kappa shape index (κ1) is 19.6. The van der Waals surface area contributed by atoms with Crippen LogP contribution in [0.1, 0.15) is 11.7 Å². The van der Waals surface area contributed by atoms with Gasteiger partial charge in [-0.15, -0.1) is 0 Å². The molecule has 2 heterocycles. The van der Waals surface area contributed by atoms with Crippen LogP contribution >= 0.6 is 15.9 Å². The molecular formula is C18H25BrN4O2S. The predicted molar refractivity (Wildman–Crippen MR) is 107 cm³/mol. The van der Waals surface area contributed by atoms with E-state index in [0.29, 0.717) is 6.54 Å². The van der Waals surface area contributed by atoms with Crippen LogP contribution in [0.3, 0.4) is 0 Å². The highest BCUT2D eigenvalue weighted by Crippen LogP contribution is 2.23. The van der Waals surface area contributed by atoms with Gasteiger partial charge in [0.15, 0.2) is 0 Å². The van der Waals surface area contributed by atoms with E-state index in [0.717, 1.165) is 36.3 Å². The fourth-order valence-electron chi connectivity index (χ4n) is 3.26. The SMILES string of the molecule is CN1CCN(C(CNS(=O)(=O)c2ccc(Br)cc2)c2cccn2C)CC1. The summed E-state index contributed by atoms with van der Waals surface area (Å²) in [5, 5.41) is 0. The second kappa shape index (κ2) is 8.22. The summed E-state index contributed by atoms with van der Waals surface area (Å²) in [5.41, 5.74) is 1.12. The topological polar surface area (TPSA) is 57.6 Å². The first-order valence-corrected chi connectivity index (χ1v) is 10.9. The second-order valence-electron chi connectivity index (χ2n) is 6.70. The third kappa shape index (κ3) is 4.55. The minimum absolute atomic E-state index is 0.00826. The predicted octanol–water partition coefficient (Wildman–Crippen LogP) is 2.05. The lowest BCUT2D eigenvalue weighted by Gasteiger charge is -2.38. The van der Waals surface area contributed by atoms with Crippen LogP contribution in [0.5, 0.6) is 0 Å². The highest BCUT2D eigenvalue weighted by atomic mass is 79.9. The summed E-state index contributed by atoms with van der Waals surface area (Å²) in [4.78, 5) is 4.94. The van der Waals surface area contributed by atoms with Crippen LogP contribution < -0.4 is 4.72 Å². The van der Waals surface area contributed by atoms with Gasteiger partial charge in [0.1, 0.15) is 0 Å². The molecule has 1 atom stereocenters.